The van der Waals surface area contributed by atoms with E-state index in [0.717, 1.165) is 12.4 Å². The normalized spacial score (nSPS) is 15.1. The predicted molar refractivity (Wildman–Crippen MR) is 64.5 cm³/mol. The van der Waals surface area contributed by atoms with Gasteiger partial charge < -0.3 is 15.3 Å². The van der Waals surface area contributed by atoms with E-state index in [9.17, 15) is 0 Å². The highest BCUT2D eigenvalue weighted by molar-refractivity contribution is 5.48. The largest absolute Gasteiger partial charge is 0.395 e. The number of hydrogen-bond acceptors (Lipinski definition) is 4. The van der Waals surface area contributed by atoms with Crippen molar-refractivity contribution in [2.45, 2.75) is 25.4 Å². The van der Waals surface area contributed by atoms with Crippen molar-refractivity contribution >= 4 is 5.82 Å². The Morgan fingerprint density at radius 1 is 1.56 bits per heavy atom. The second-order valence-corrected chi connectivity index (χ2v) is 4.16. The van der Waals surface area contributed by atoms with Gasteiger partial charge in [-0.25, -0.2) is 4.98 Å². The van der Waals surface area contributed by atoms with Crippen molar-refractivity contribution in [3.8, 4) is 0 Å². The number of anilines is 1. The van der Waals surface area contributed by atoms with E-state index in [4.69, 9.17) is 5.11 Å². The van der Waals surface area contributed by atoms with Gasteiger partial charge >= 0.3 is 0 Å². The first-order chi connectivity index (χ1) is 7.86. The first-order valence-electron chi connectivity index (χ1n) is 5.83. The zero-order chi connectivity index (χ0) is 11.4. The van der Waals surface area contributed by atoms with Crippen molar-refractivity contribution in [3.63, 3.8) is 0 Å². The number of rotatable bonds is 6. The molecular formula is C12H19N3O. The number of pyridine rings is 1. The van der Waals surface area contributed by atoms with Crippen LogP contribution in [0.1, 0.15) is 18.4 Å². The maximum absolute atomic E-state index is 9.11. The SMILES string of the molecule is CNCc1cccnc1N(CCO)C1CC1. The molecule has 0 aromatic carbocycles. The van der Waals surface area contributed by atoms with Crippen LogP contribution in [0.15, 0.2) is 18.3 Å². The maximum Gasteiger partial charge on any atom is 0.133 e. The molecule has 1 heterocycles. The van der Waals surface area contributed by atoms with Gasteiger partial charge in [0.2, 0.25) is 0 Å². The van der Waals surface area contributed by atoms with Gasteiger partial charge in [0.25, 0.3) is 0 Å². The lowest BCUT2D eigenvalue weighted by atomic mass is 10.2. The maximum atomic E-state index is 9.11. The molecule has 2 rings (SSSR count). The summed E-state index contributed by atoms with van der Waals surface area (Å²) in [5.41, 5.74) is 1.20. The average molecular weight is 221 g/mol. The van der Waals surface area contributed by atoms with E-state index >= 15 is 0 Å². The summed E-state index contributed by atoms with van der Waals surface area (Å²) in [6.07, 6.45) is 4.26. The Morgan fingerprint density at radius 2 is 2.38 bits per heavy atom. The molecule has 1 aromatic rings. The van der Waals surface area contributed by atoms with Crippen LogP contribution in [0, 0.1) is 0 Å². The van der Waals surface area contributed by atoms with Gasteiger partial charge in [0.05, 0.1) is 6.61 Å². The van der Waals surface area contributed by atoms with Gasteiger partial charge in [0.15, 0.2) is 0 Å². The van der Waals surface area contributed by atoms with Crippen molar-refractivity contribution < 1.29 is 5.11 Å². The van der Waals surface area contributed by atoms with Crippen LogP contribution in [0.2, 0.25) is 0 Å². The first kappa shape index (κ1) is 11.4. The van der Waals surface area contributed by atoms with E-state index < -0.39 is 0 Å². The van der Waals surface area contributed by atoms with Gasteiger partial charge in [-0.2, -0.15) is 0 Å². The van der Waals surface area contributed by atoms with Gasteiger partial charge in [-0.05, 0) is 26.0 Å². The minimum Gasteiger partial charge on any atom is -0.395 e. The molecule has 0 atom stereocenters. The van der Waals surface area contributed by atoms with Crippen LogP contribution in [0.25, 0.3) is 0 Å². The van der Waals surface area contributed by atoms with E-state index in [0.29, 0.717) is 12.6 Å². The zero-order valence-electron chi connectivity index (χ0n) is 9.69. The summed E-state index contributed by atoms with van der Waals surface area (Å²) in [6.45, 7) is 1.68. The Balaban J connectivity index is 2.21. The van der Waals surface area contributed by atoms with Crippen molar-refractivity contribution in [2.24, 2.45) is 0 Å². The van der Waals surface area contributed by atoms with Gasteiger partial charge in [0.1, 0.15) is 5.82 Å². The minimum absolute atomic E-state index is 0.187. The van der Waals surface area contributed by atoms with Gasteiger partial charge in [0, 0.05) is 30.9 Å². The fourth-order valence-corrected chi connectivity index (χ4v) is 1.97. The smallest absolute Gasteiger partial charge is 0.133 e. The Morgan fingerprint density at radius 3 is 3.00 bits per heavy atom. The van der Waals surface area contributed by atoms with Crippen molar-refractivity contribution in [1.82, 2.24) is 10.3 Å². The molecule has 1 fully saturated rings. The van der Waals surface area contributed by atoms with Crippen LogP contribution in [-0.2, 0) is 6.54 Å². The zero-order valence-corrected chi connectivity index (χ0v) is 9.69. The summed E-state index contributed by atoms with van der Waals surface area (Å²) in [4.78, 5) is 6.68. The molecule has 0 bridgehead atoms. The molecule has 1 aliphatic carbocycles. The van der Waals surface area contributed by atoms with Crippen LogP contribution in [0.3, 0.4) is 0 Å². The summed E-state index contributed by atoms with van der Waals surface area (Å²) in [6, 6.07) is 4.63. The molecule has 2 N–H and O–H groups in total. The molecule has 4 heteroatoms. The van der Waals surface area contributed by atoms with Crippen molar-refractivity contribution in [1.29, 1.82) is 0 Å². The van der Waals surface area contributed by atoms with Crippen LogP contribution in [-0.4, -0.2) is 36.3 Å². The van der Waals surface area contributed by atoms with Crippen LogP contribution in [0.4, 0.5) is 5.82 Å². The molecule has 0 amide bonds. The molecule has 1 aromatic heterocycles. The third-order valence-corrected chi connectivity index (χ3v) is 2.84. The predicted octanol–water partition coefficient (Wildman–Crippen LogP) is 0.762. The average Bonchev–Trinajstić information content (AvgIpc) is 3.11. The molecule has 0 radical (unpaired) electrons. The highest BCUT2D eigenvalue weighted by Crippen LogP contribution is 2.31. The van der Waals surface area contributed by atoms with Crippen LogP contribution >= 0.6 is 0 Å². The molecule has 1 saturated carbocycles. The fourth-order valence-electron chi connectivity index (χ4n) is 1.97. The Kier molecular flexibility index (Phi) is 3.74. The fraction of sp³-hybridized carbons (Fsp3) is 0.583. The molecule has 0 aliphatic heterocycles. The van der Waals surface area contributed by atoms with Crippen LogP contribution in [0.5, 0.6) is 0 Å². The molecule has 88 valence electrons. The van der Waals surface area contributed by atoms with Gasteiger partial charge in [-0.1, -0.05) is 6.07 Å². The monoisotopic (exact) mass is 221 g/mol. The van der Waals surface area contributed by atoms with E-state index in [1.807, 2.05) is 19.3 Å². The summed E-state index contributed by atoms with van der Waals surface area (Å²) >= 11 is 0. The molecule has 16 heavy (non-hydrogen) atoms. The van der Waals surface area contributed by atoms with Gasteiger partial charge in [-0.15, -0.1) is 0 Å². The number of aromatic nitrogens is 1. The van der Waals surface area contributed by atoms with Crippen molar-refractivity contribution in [2.75, 3.05) is 25.1 Å². The number of aliphatic hydroxyl groups excluding tert-OH is 1. The summed E-state index contributed by atoms with van der Waals surface area (Å²) in [5, 5.41) is 12.3. The third kappa shape index (κ3) is 2.51. The molecule has 0 spiro atoms. The van der Waals surface area contributed by atoms with Crippen LogP contribution < -0.4 is 10.2 Å². The molecule has 1 aliphatic rings. The van der Waals surface area contributed by atoms with E-state index in [2.05, 4.69) is 21.3 Å². The standard InChI is InChI=1S/C12H19N3O/c1-13-9-10-3-2-6-14-12(10)15(7-8-16)11-4-5-11/h2-3,6,11,13,16H,4-5,7-9H2,1H3. The number of hydrogen-bond donors (Lipinski definition) is 2. The third-order valence-electron chi connectivity index (χ3n) is 2.84. The second kappa shape index (κ2) is 5.27. The number of nitrogens with one attached hydrogen (secondary N) is 1. The lowest BCUT2D eigenvalue weighted by Gasteiger charge is -2.24. The Labute approximate surface area is 96.3 Å². The highest BCUT2D eigenvalue weighted by atomic mass is 16.3. The molecular weight excluding hydrogens is 202 g/mol. The number of aliphatic hydroxyl groups is 1. The Bertz CT molecular complexity index is 339. The minimum atomic E-state index is 0.187. The molecule has 0 unspecified atom stereocenters. The topological polar surface area (TPSA) is 48.4 Å². The second-order valence-electron chi connectivity index (χ2n) is 4.16. The summed E-state index contributed by atoms with van der Waals surface area (Å²) in [5.74, 6) is 1.02. The Hall–Kier alpha value is -1.13. The van der Waals surface area contributed by atoms with E-state index in [-0.39, 0.29) is 6.61 Å². The molecule has 4 nitrogen and oxygen atoms in total. The summed E-state index contributed by atoms with van der Waals surface area (Å²) < 4.78 is 0. The summed E-state index contributed by atoms with van der Waals surface area (Å²) in [7, 11) is 1.93. The lowest BCUT2D eigenvalue weighted by Crippen LogP contribution is -2.31. The van der Waals surface area contributed by atoms with Gasteiger partial charge in [-0.3, -0.25) is 0 Å². The van der Waals surface area contributed by atoms with E-state index in [1.54, 1.807) is 0 Å². The lowest BCUT2D eigenvalue weighted by molar-refractivity contribution is 0.301. The first-order valence-corrected chi connectivity index (χ1v) is 5.83. The number of nitrogens with zero attached hydrogens (tertiary/aromatic N) is 2. The van der Waals surface area contributed by atoms with E-state index in [1.165, 1.54) is 18.4 Å². The van der Waals surface area contributed by atoms with Crippen molar-refractivity contribution in [3.05, 3.63) is 23.9 Å². The highest BCUT2D eigenvalue weighted by Gasteiger charge is 2.30. The quantitative estimate of drug-likeness (QED) is 0.744. The molecule has 0 saturated heterocycles.